The summed E-state index contributed by atoms with van der Waals surface area (Å²) in [7, 11) is 0. The Labute approximate surface area is 180 Å². The minimum absolute atomic E-state index is 0.0790. The van der Waals surface area contributed by atoms with Gasteiger partial charge in [0.15, 0.2) is 0 Å². The van der Waals surface area contributed by atoms with Crippen LogP contribution in [0.1, 0.15) is 28.9 Å². The van der Waals surface area contributed by atoms with E-state index in [0.717, 1.165) is 30.0 Å². The Morgan fingerprint density at radius 1 is 0.935 bits per heavy atom. The van der Waals surface area contributed by atoms with Crippen molar-refractivity contribution < 1.29 is 9.21 Å². The van der Waals surface area contributed by atoms with E-state index in [1.54, 1.807) is 23.1 Å². The Bertz CT molecular complexity index is 1180. The first-order valence-corrected chi connectivity index (χ1v) is 10.8. The minimum atomic E-state index is -0.594. The number of fused-ring (bicyclic) bond motifs is 1. The maximum absolute atomic E-state index is 13.0. The molecule has 2 aliphatic heterocycles. The number of piperazine rings is 1. The van der Waals surface area contributed by atoms with Gasteiger partial charge in [-0.05, 0) is 31.9 Å². The largest absolute Gasteiger partial charge is 0.422 e. The topological polar surface area (TPSA) is 82.8 Å². The first-order chi connectivity index (χ1) is 15.1. The molecule has 0 N–H and O–H groups in total. The molecule has 1 aromatic carbocycles. The van der Waals surface area contributed by atoms with Gasteiger partial charge in [0.25, 0.3) is 5.91 Å². The zero-order valence-electron chi connectivity index (χ0n) is 17.6. The van der Waals surface area contributed by atoms with E-state index >= 15 is 0 Å². The van der Waals surface area contributed by atoms with Crippen molar-refractivity contribution in [2.75, 3.05) is 49.1 Å². The third-order valence-electron chi connectivity index (χ3n) is 5.98. The number of aromatic nitrogens is 2. The SMILES string of the molecule is Cc1cc(N2CCCC2)nc(N2CCN(C(=O)c3cc4ccccc4oc3=O)CC2)n1. The number of hydrogen-bond donors (Lipinski definition) is 0. The lowest BCUT2D eigenvalue weighted by Crippen LogP contribution is -2.50. The van der Waals surface area contributed by atoms with Crippen LogP contribution < -0.4 is 15.4 Å². The van der Waals surface area contributed by atoms with Crippen molar-refractivity contribution in [1.29, 1.82) is 0 Å². The maximum Gasteiger partial charge on any atom is 0.349 e. The molecule has 2 aromatic heterocycles. The molecule has 0 aliphatic carbocycles. The summed E-state index contributed by atoms with van der Waals surface area (Å²) >= 11 is 0. The van der Waals surface area contributed by atoms with Gasteiger partial charge in [-0.1, -0.05) is 18.2 Å². The molecule has 0 atom stereocenters. The molecule has 4 heterocycles. The molecular weight excluding hydrogens is 394 g/mol. The molecule has 0 radical (unpaired) electrons. The van der Waals surface area contributed by atoms with E-state index in [4.69, 9.17) is 9.40 Å². The number of nitrogens with zero attached hydrogens (tertiary/aromatic N) is 5. The van der Waals surface area contributed by atoms with Crippen LogP contribution in [0.4, 0.5) is 11.8 Å². The standard InChI is InChI=1S/C23H25N5O3/c1-16-14-20(26-8-4-5-9-26)25-23(24-16)28-12-10-27(11-13-28)21(29)18-15-17-6-2-3-7-19(17)31-22(18)30/h2-3,6-7,14-15H,4-5,8-13H2,1H3. The highest BCUT2D eigenvalue weighted by Gasteiger charge is 2.26. The minimum Gasteiger partial charge on any atom is -0.422 e. The number of benzene rings is 1. The average molecular weight is 419 g/mol. The number of para-hydroxylation sites is 1. The van der Waals surface area contributed by atoms with Gasteiger partial charge < -0.3 is 19.1 Å². The van der Waals surface area contributed by atoms with Gasteiger partial charge in [0.1, 0.15) is 17.0 Å². The molecule has 5 rings (SSSR count). The van der Waals surface area contributed by atoms with Crippen molar-refractivity contribution in [2.45, 2.75) is 19.8 Å². The van der Waals surface area contributed by atoms with Crippen molar-refractivity contribution in [1.82, 2.24) is 14.9 Å². The Kier molecular flexibility index (Phi) is 5.05. The summed E-state index contributed by atoms with van der Waals surface area (Å²) in [4.78, 5) is 40.9. The summed E-state index contributed by atoms with van der Waals surface area (Å²) in [5.74, 6) is 1.40. The second-order valence-electron chi connectivity index (χ2n) is 8.13. The lowest BCUT2D eigenvalue weighted by Gasteiger charge is -2.35. The summed E-state index contributed by atoms with van der Waals surface area (Å²) in [5.41, 5.74) is 0.914. The third kappa shape index (κ3) is 3.85. The van der Waals surface area contributed by atoms with Crippen LogP contribution in [0.2, 0.25) is 0 Å². The lowest BCUT2D eigenvalue weighted by molar-refractivity contribution is 0.0742. The molecule has 8 heteroatoms. The number of anilines is 2. The van der Waals surface area contributed by atoms with E-state index in [0.29, 0.717) is 37.7 Å². The van der Waals surface area contributed by atoms with Crippen LogP contribution in [-0.2, 0) is 0 Å². The summed E-state index contributed by atoms with van der Waals surface area (Å²) in [6, 6.07) is 10.9. The number of hydrogen-bond acceptors (Lipinski definition) is 7. The second kappa shape index (κ2) is 8.02. The summed E-state index contributed by atoms with van der Waals surface area (Å²) in [6.07, 6.45) is 2.39. The predicted octanol–water partition coefficient (Wildman–Crippen LogP) is 2.45. The Morgan fingerprint density at radius 2 is 1.68 bits per heavy atom. The van der Waals surface area contributed by atoms with Crippen molar-refractivity contribution in [3.8, 4) is 0 Å². The molecular formula is C23H25N5O3. The molecule has 3 aromatic rings. The smallest absolute Gasteiger partial charge is 0.349 e. The van der Waals surface area contributed by atoms with Gasteiger partial charge in [-0.25, -0.2) is 9.78 Å². The van der Waals surface area contributed by atoms with E-state index in [1.807, 2.05) is 25.1 Å². The van der Waals surface area contributed by atoms with Crippen LogP contribution in [0.5, 0.6) is 0 Å². The molecule has 0 saturated carbocycles. The van der Waals surface area contributed by atoms with E-state index in [1.165, 1.54) is 12.8 Å². The molecule has 160 valence electrons. The predicted molar refractivity (Wildman–Crippen MR) is 119 cm³/mol. The Morgan fingerprint density at radius 3 is 2.45 bits per heavy atom. The van der Waals surface area contributed by atoms with Gasteiger partial charge in [-0.3, -0.25) is 4.79 Å². The van der Waals surface area contributed by atoms with Crippen molar-refractivity contribution in [2.24, 2.45) is 0 Å². The van der Waals surface area contributed by atoms with E-state index < -0.39 is 5.63 Å². The first kappa shape index (κ1) is 19.5. The van der Waals surface area contributed by atoms with Gasteiger partial charge in [-0.15, -0.1) is 0 Å². The average Bonchev–Trinajstić information content (AvgIpc) is 3.33. The third-order valence-corrected chi connectivity index (χ3v) is 5.98. The van der Waals surface area contributed by atoms with Crippen molar-refractivity contribution >= 4 is 28.6 Å². The molecule has 1 amide bonds. The van der Waals surface area contributed by atoms with Crippen LogP contribution in [0.25, 0.3) is 11.0 Å². The summed E-state index contributed by atoms with van der Waals surface area (Å²) < 4.78 is 5.33. The van der Waals surface area contributed by atoms with Gasteiger partial charge >= 0.3 is 5.63 Å². The summed E-state index contributed by atoms with van der Waals surface area (Å²) in [6.45, 7) is 6.30. The molecule has 0 unspecified atom stereocenters. The highest BCUT2D eigenvalue weighted by Crippen LogP contribution is 2.22. The zero-order chi connectivity index (χ0) is 21.4. The Hall–Kier alpha value is -3.42. The number of rotatable bonds is 3. The monoisotopic (exact) mass is 419 g/mol. The van der Waals surface area contributed by atoms with E-state index in [9.17, 15) is 9.59 Å². The van der Waals surface area contributed by atoms with Gasteiger partial charge in [0.2, 0.25) is 5.95 Å². The van der Waals surface area contributed by atoms with E-state index in [-0.39, 0.29) is 11.5 Å². The molecule has 0 spiro atoms. The molecule has 31 heavy (non-hydrogen) atoms. The van der Waals surface area contributed by atoms with Gasteiger partial charge in [0.05, 0.1) is 0 Å². The van der Waals surface area contributed by atoms with Crippen LogP contribution >= 0.6 is 0 Å². The molecule has 2 aliphatic rings. The molecule has 0 bridgehead atoms. The van der Waals surface area contributed by atoms with Gasteiger partial charge in [0, 0.05) is 56.4 Å². The highest BCUT2D eigenvalue weighted by molar-refractivity contribution is 5.96. The van der Waals surface area contributed by atoms with Crippen LogP contribution in [0, 0.1) is 6.92 Å². The fourth-order valence-corrected chi connectivity index (χ4v) is 4.28. The first-order valence-electron chi connectivity index (χ1n) is 10.8. The fourth-order valence-electron chi connectivity index (χ4n) is 4.28. The lowest BCUT2D eigenvalue weighted by atomic mass is 10.1. The maximum atomic E-state index is 13.0. The van der Waals surface area contributed by atoms with Crippen LogP contribution in [0.3, 0.4) is 0 Å². The number of carbonyl (C=O) groups is 1. The zero-order valence-corrected chi connectivity index (χ0v) is 17.6. The quantitative estimate of drug-likeness (QED) is 0.603. The number of aryl methyl sites for hydroxylation is 1. The fraction of sp³-hybridized carbons (Fsp3) is 0.391. The number of amides is 1. The highest BCUT2D eigenvalue weighted by atomic mass is 16.4. The van der Waals surface area contributed by atoms with Crippen molar-refractivity contribution in [3.05, 3.63) is 58.1 Å². The molecule has 8 nitrogen and oxygen atoms in total. The van der Waals surface area contributed by atoms with E-state index in [2.05, 4.69) is 14.8 Å². The normalized spacial score (nSPS) is 16.9. The second-order valence-corrected chi connectivity index (χ2v) is 8.13. The summed E-state index contributed by atoms with van der Waals surface area (Å²) in [5, 5.41) is 0.742. The molecule has 2 fully saturated rings. The number of carbonyl (C=O) groups excluding carboxylic acids is 1. The van der Waals surface area contributed by atoms with Gasteiger partial charge in [-0.2, -0.15) is 4.98 Å². The van der Waals surface area contributed by atoms with Crippen molar-refractivity contribution in [3.63, 3.8) is 0 Å². The molecule has 2 saturated heterocycles. The Balaban J connectivity index is 1.31. The van der Waals surface area contributed by atoms with Crippen LogP contribution in [-0.4, -0.2) is 60.0 Å². The van der Waals surface area contributed by atoms with Crippen LogP contribution in [0.15, 0.2) is 45.6 Å².